The second-order valence-corrected chi connectivity index (χ2v) is 6.72. The number of benzene rings is 1. The first-order valence-electron chi connectivity index (χ1n) is 7.49. The number of carbonyl (C=O) groups excluding carboxylic acids is 1. The molecule has 3 N–H and O–H groups in total. The Kier molecular flexibility index (Phi) is 8.11. The van der Waals surface area contributed by atoms with E-state index in [1.807, 2.05) is 19.1 Å². The molecule has 0 bridgehead atoms. The first-order valence-corrected chi connectivity index (χ1v) is 8.25. The first kappa shape index (κ1) is 20.5. The van der Waals surface area contributed by atoms with Gasteiger partial charge in [0.25, 0.3) is 0 Å². The molecule has 0 aliphatic carbocycles. The monoisotopic (exact) mass is 380 g/mol. The average Bonchev–Trinajstić information content (AvgIpc) is 2.52. The van der Waals surface area contributed by atoms with Gasteiger partial charge >= 0.3 is 0 Å². The fraction of sp³-hybridized carbons (Fsp3) is 0.562. The summed E-state index contributed by atoms with van der Waals surface area (Å²) in [6.45, 7) is 3.99. The molecule has 130 valence electrons. The maximum absolute atomic E-state index is 12.1. The van der Waals surface area contributed by atoms with Crippen molar-refractivity contribution in [3.63, 3.8) is 0 Å². The van der Waals surface area contributed by atoms with Crippen molar-refractivity contribution in [3.05, 3.63) is 33.8 Å². The third-order valence-corrected chi connectivity index (χ3v) is 4.90. The third-order valence-electron chi connectivity index (χ3n) is 4.35. The zero-order valence-corrected chi connectivity index (χ0v) is 15.4. The smallest absolute Gasteiger partial charge is 0.224 e. The number of ether oxygens (including phenoxy) is 1. The summed E-state index contributed by atoms with van der Waals surface area (Å²) in [6, 6.07) is 5.54. The van der Waals surface area contributed by atoms with Crippen molar-refractivity contribution in [1.29, 1.82) is 0 Å². The third kappa shape index (κ3) is 4.97. The summed E-state index contributed by atoms with van der Waals surface area (Å²) in [5.41, 5.74) is 6.35. The van der Waals surface area contributed by atoms with Crippen LogP contribution >= 0.6 is 35.6 Å². The topological polar surface area (TPSA) is 64.4 Å². The SMILES string of the molecule is CC(CN)C(=O)NCC1(c2ccc(Cl)cc2Cl)CCOCC1.Cl. The van der Waals surface area contributed by atoms with E-state index in [2.05, 4.69) is 5.32 Å². The summed E-state index contributed by atoms with van der Waals surface area (Å²) in [5.74, 6) is -0.226. The highest BCUT2D eigenvalue weighted by molar-refractivity contribution is 6.35. The summed E-state index contributed by atoms with van der Waals surface area (Å²) in [5, 5.41) is 4.26. The molecule has 1 aliphatic heterocycles. The molecule has 1 aromatic rings. The molecular formula is C16H23Cl3N2O2. The van der Waals surface area contributed by atoms with Gasteiger partial charge in [-0.05, 0) is 30.5 Å². The van der Waals surface area contributed by atoms with Gasteiger partial charge in [0.15, 0.2) is 0 Å². The van der Waals surface area contributed by atoms with Gasteiger partial charge in [-0.3, -0.25) is 4.79 Å². The summed E-state index contributed by atoms with van der Waals surface area (Å²) in [4.78, 5) is 12.1. The molecule has 1 amide bonds. The second-order valence-electron chi connectivity index (χ2n) is 5.87. The zero-order valence-electron chi connectivity index (χ0n) is 13.1. The molecule has 1 aromatic carbocycles. The van der Waals surface area contributed by atoms with E-state index in [4.69, 9.17) is 33.7 Å². The standard InChI is InChI=1S/C16H22Cl2N2O2.ClH/c1-11(9-19)15(21)20-10-16(4-6-22-7-5-16)13-3-2-12(17)8-14(13)18;/h2-3,8,11H,4-7,9-10,19H2,1H3,(H,20,21);1H. The molecule has 1 saturated heterocycles. The van der Waals surface area contributed by atoms with Crippen LogP contribution in [0.15, 0.2) is 18.2 Å². The molecule has 1 atom stereocenters. The van der Waals surface area contributed by atoms with Gasteiger partial charge in [-0.1, -0.05) is 36.2 Å². The number of carbonyl (C=O) groups is 1. The molecule has 1 fully saturated rings. The predicted octanol–water partition coefficient (Wildman–Crippen LogP) is 3.17. The van der Waals surface area contributed by atoms with Gasteiger partial charge < -0.3 is 15.8 Å². The molecule has 0 saturated carbocycles. The highest BCUT2D eigenvalue weighted by Crippen LogP contribution is 2.39. The van der Waals surface area contributed by atoms with Crippen LogP contribution in [0.25, 0.3) is 0 Å². The van der Waals surface area contributed by atoms with E-state index in [-0.39, 0.29) is 29.6 Å². The van der Waals surface area contributed by atoms with Crippen LogP contribution in [-0.2, 0) is 14.9 Å². The van der Waals surface area contributed by atoms with Crippen LogP contribution in [0.4, 0.5) is 0 Å². The Balaban J connectivity index is 0.00000264. The predicted molar refractivity (Wildman–Crippen MR) is 96.7 cm³/mol. The van der Waals surface area contributed by atoms with Crippen molar-refractivity contribution in [2.24, 2.45) is 11.7 Å². The van der Waals surface area contributed by atoms with Gasteiger partial charge in [-0.25, -0.2) is 0 Å². The number of nitrogens with two attached hydrogens (primary N) is 1. The molecule has 23 heavy (non-hydrogen) atoms. The molecular weight excluding hydrogens is 359 g/mol. The molecule has 7 heteroatoms. The van der Waals surface area contributed by atoms with Gasteiger partial charge in [-0.15, -0.1) is 12.4 Å². The van der Waals surface area contributed by atoms with Crippen LogP contribution in [0.3, 0.4) is 0 Å². The highest BCUT2D eigenvalue weighted by atomic mass is 35.5. The Morgan fingerprint density at radius 3 is 2.61 bits per heavy atom. The normalized spacial score (nSPS) is 17.9. The van der Waals surface area contributed by atoms with Crippen LogP contribution in [-0.4, -0.2) is 32.2 Å². The molecule has 0 radical (unpaired) electrons. The van der Waals surface area contributed by atoms with E-state index >= 15 is 0 Å². The minimum Gasteiger partial charge on any atom is -0.381 e. The van der Waals surface area contributed by atoms with E-state index in [1.165, 1.54) is 0 Å². The van der Waals surface area contributed by atoms with E-state index in [1.54, 1.807) is 6.07 Å². The fourth-order valence-corrected chi connectivity index (χ4v) is 3.37. The maximum atomic E-state index is 12.1. The largest absolute Gasteiger partial charge is 0.381 e. The number of hydrogen-bond acceptors (Lipinski definition) is 3. The van der Waals surface area contributed by atoms with E-state index in [0.717, 1.165) is 18.4 Å². The Morgan fingerprint density at radius 1 is 1.39 bits per heavy atom. The van der Waals surface area contributed by atoms with Crippen LogP contribution in [0.5, 0.6) is 0 Å². The minimum atomic E-state index is -0.218. The summed E-state index contributed by atoms with van der Waals surface area (Å²) in [7, 11) is 0. The molecule has 1 heterocycles. The summed E-state index contributed by atoms with van der Waals surface area (Å²) >= 11 is 12.4. The number of hydrogen-bond donors (Lipinski definition) is 2. The van der Waals surface area contributed by atoms with Crippen molar-refractivity contribution in [2.45, 2.75) is 25.2 Å². The minimum absolute atomic E-state index is 0. The number of nitrogens with one attached hydrogen (secondary N) is 1. The van der Waals surface area contributed by atoms with E-state index < -0.39 is 0 Å². The number of amides is 1. The van der Waals surface area contributed by atoms with Crippen molar-refractivity contribution in [1.82, 2.24) is 5.32 Å². The molecule has 4 nitrogen and oxygen atoms in total. The number of halogens is 3. The van der Waals surface area contributed by atoms with Crippen molar-refractivity contribution in [3.8, 4) is 0 Å². The lowest BCUT2D eigenvalue weighted by molar-refractivity contribution is -0.124. The van der Waals surface area contributed by atoms with Gasteiger partial charge in [0.2, 0.25) is 5.91 Å². The first-order chi connectivity index (χ1) is 10.5. The summed E-state index contributed by atoms with van der Waals surface area (Å²) in [6.07, 6.45) is 1.62. The van der Waals surface area contributed by atoms with E-state index in [0.29, 0.717) is 36.3 Å². The van der Waals surface area contributed by atoms with Crippen LogP contribution in [0.2, 0.25) is 10.0 Å². The zero-order chi connectivity index (χ0) is 16.2. The van der Waals surface area contributed by atoms with Gasteiger partial charge in [0.1, 0.15) is 0 Å². The van der Waals surface area contributed by atoms with Crippen LogP contribution in [0, 0.1) is 5.92 Å². The Labute approximate surface area is 153 Å². The van der Waals surface area contributed by atoms with E-state index in [9.17, 15) is 4.79 Å². The Bertz CT molecular complexity index is 534. The Hall–Kier alpha value is -0.520. The van der Waals surface area contributed by atoms with Crippen molar-refractivity contribution < 1.29 is 9.53 Å². The maximum Gasteiger partial charge on any atom is 0.224 e. The van der Waals surface area contributed by atoms with Gasteiger partial charge in [-0.2, -0.15) is 0 Å². The lowest BCUT2D eigenvalue weighted by atomic mass is 9.74. The number of rotatable bonds is 5. The summed E-state index contributed by atoms with van der Waals surface area (Å²) < 4.78 is 5.48. The quantitative estimate of drug-likeness (QED) is 0.823. The van der Waals surface area contributed by atoms with Crippen molar-refractivity contribution >= 4 is 41.5 Å². The lowest BCUT2D eigenvalue weighted by Gasteiger charge is -2.38. The molecule has 2 rings (SSSR count). The van der Waals surface area contributed by atoms with Crippen LogP contribution in [0.1, 0.15) is 25.3 Å². The van der Waals surface area contributed by atoms with Crippen molar-refractivity contribution in [2.75, 3.05) is 26.3 Å². The lowest BCUT2D eigenvalue weighted by Crippen LogP contribution is -2.46. The van der Waals surface area contributed by atoms with Gasteiger partial charge in [0, 0.05) is 47.7 Å². The van der Waals surface area contributed by atoms with Crippen LogP contribution < -0.4 is 11.1 Å². The Morgan fingerprint density at radius 2 is 2.04 bits per heavy atom. The fourth-order valence-electron chi connectivity index (χ4n) is 2.76. The highest BCUT2D eigenvalue weighted by Gasteiger charge is 2.36. The average molecular weight is 382 g/mol. The second kappa shape index (κ2) is 9.09. The molecule has 0 aromatic heterocycles. The van der Waals surface area contributed by atoms with Gasteiger partial charge in [0.05, 0.1) is 0 Å². The molecule has 1 aliphatic rings. The molecule has 1 unspecified atom stereocenters. The molecule has 0 spiro atoms.